The van der Waals surface area contributed by atoms with Crippen molar-refractivity contribution in [1.82, 2.24) is 4.57 Å². The SMILES string of the molecule is CS(=O)(=O)c1ccc(-c2csc(=O)n2-c2ccc(Br)cc2)cc1F. The zero-order valence-corrected chi connectivity index (χ0v) is 15.6. The summed E-state index contributed by atoms with van der Waals surface area (Å²) in [6.07, 6.45) is 0.952. The Morgan fingerprint density at radius 1 is 1.12 bits per heavy atom. The molecule has 0 atom stereocenters. The molecule has 3 aromatic rings. The van der Waals surface area contributed by atoms with Gasteiger partial charge in [0.15, 0.2) is 9.84 Å². The number of rotatable bonds is 3. The van der Waals surface area contributed by atoms with Crippen LogP contribution in [-0.4, -0.2) is 19.2 Å². The van der Waals surface area contributed by atoms with Gasteiger partial charge in [0.25, 0.3) is 0 Å². The van der Waals surface area contributed by atoms with Gasteiger partial charge in [0.05, 0.1) is 11.4 Å². The van der Waals surface area contributed by atoms with Crippen LogP contribution in [0.2, 0.25) is 0 Å². The summed E-state index contributed by atoms with van der Waals surface area (Å²) in [6, 6.07) is 11.0. The maximum absolute atomic E-state index is 14.2. The molecule has 124 valence electrons. The van der Waals surface area contributed by atoms with Crippen LogP contribution in [-0.2, 0) is 9.84 Å². The third-order valence-corrected chi connectivity index (χ3v) is 5.79. The van der Waals surface area contributed by atoms with E-state index in [4.69, 9.17) is 0 Å². The molecule has 0 saturated heterocycles. The van der Waals surface area contributed by atoms with Crippen LogP contribution in [0.4, 0.5) is 4.39 Å². The molecule has 0 N–H and O–H groups in total. The van der Waals surface area contributed by atoms with Gasteiger partial charge >= 0.3 is 4.87 Å². The molecule has 0 aliphatic carbocycles. The molecule has 2 aromatic carbocycles. The lowest BCUT2D eigenvalue weighted by molar-refractivity contribution is 0.571. The predicted molar refractivity (Wildman–Crippen MR) is 96.1 cm³/mol. The van der Waals surface area contributed by atoms with Crippen molar-refractivity contribution in [2.24, 2.45) is 0 Å². The number of nitrogens with zero attached hydrogens (tertiary/aromatic N) is 1. The molecule has 1 heterocycles. The first-order valence-electron chi connectivity index (χ1n) is 6.74. The van der Waals surface area contributed by atoms with E-state index in [-0.39, 0.29) is 9.77 Å². The molecule has 0 saturated carbocycles. The van der Waals surface area contributed by atoms with Crippen molar-refractivity contribution in [3.63, 3.8) is 0 Å². The molecule has 0 aliphatic rings. The summed E-state index contributed by atoms with van der Waals surface area (Å²) in [7, 11) is -3.64. The van der Waals surface area contributed by atoms with Gasteiger partial charge in [0, 0.05) is 21.7 Å². The highest BCUT2D eigenvalue weighted by molar-refractivity contribution is 9.10. The normalized spacial score (nSPS) is 11.6. The third kappa shape index (κ3) is 3.22. The van der Waals surface area contributed by atoms with E-state index in [1.165, 1.54) is 16.7 Å². The number of aromatic nitrogens is 1. The zero-order valence-electron chi connectivity index (χ0n) is 12.4. The van der Waals surface area contributed by atoms with Crippen LogP contribution in [0, 0.1) is 5.82 Å². The molecular weight excluding hydrogens is 417 g/mol. The van der Waals surface area contributed by atoms with E-state index in [2.05, 4.69) is 15.9 Å². The van der Waals surface area contributed by atoms with Crippen molar-refractivity contribution < 1.29 is 12.8 Å². The Morgan fingerprint density at radius 2 is 1.79 bits per heavy atom. The zero-order chi connectivity index (χ0) is 17.5. The molecule has 0 amide bonds. The van der Waals surface area contributed by atoms with Crippen molar-refractivity contribution in [3.8, 4) is 16.9 Å². The van der Waals surface area contributed by atoms with Crippen molar-refractivity contribution in [2.45, 2.75) is 4.90 Å². The highest BCUT2D eigenvalue weighted by Crippen LogP contribution is 2.27. The summed E-state index contributed by atoms with van der Waals surface area (Å²) in [5.74, 6) is -0.837. The Kier molecular flexibility index (Phi) is 4.46. The number of thiazole rings is 1. The van der Waals surface area contributed by atoms with Crippen molar-refractivity contribution in [1.29, 1.82) is 0 Å². The fraction of sp³-hybridized carbons (Fsp3) is 0.0625. The molecule has 0 fully saturated rings. The van der Waals surface area contributed by atoms with E-state index >= 15 is 0 Å². The topological polar surface area (TPSA) is 56.1 Å². The molecule has 0 bridgehead atoms. The molecule has 0 unspecified atom stereocenters. The fourth-order valence-corrected chi connectivity index (χ4v) is 4.06. The highest BCUT2D eigenvalue weighted by Gasteiger charge is 2.17. The van der Waals surface area contributed by atoms with Gasteiger partial charge in [-0.3, -0.25) is 9.36 Å². The second kappa shape index (κ2) is 6.27. The Bertz CT molecular complexity index is 1070. The van der Waals surface area contributed by atoms with Gasteiger partial charge in [-0.1, -0.05) is 33.3 Å². The van der Waals surface area contributed by atoms with Gasteiger partial charge in [0.1, 0.15) is 10.7 Å². The van der Waals surface area contributed by atoms with Crippen molar-refractivity contribution >= 4 is 37.1 Å². The van der Waals surface area contributed by atoms with Gasteiger partial charge in [0.2, 0.25) is 0 Å². The van der Waals surface area contributed by atoms with E-state index in [0.717, 1.165) is 28.1 Å². The van der Waals surface area contributed by atoms with Crippen LogP contribution in [0.3, 0.4) is 0 Å². The van der Waals surface area contributed by atoms with Crippen LogP contribution in [0.5, 0.6) is 0 Å². The summed E-state index contributed by atoms with van der Waals surface area (Å²) in [6.45, 7) is 0. The predicted octanol–water partition coefficient (Wildman–Crippen LogP) is 3.87. The minimum atomic E-state index is -3.64. The molecule has 8 heteroatoms. The van der Waals surface area contributed by atoms with Crippen molar-refractivity contribution in [3.05, 3.63) is 67.8 Å². The smallest absolute Gasteiger partial charge is 0.267 e. The lowest BCUT2D eigenvalue weighted by Crippen LogP contribution is -2.12. The average molecular weight is 428 g/mol. The second-order valence-corrected chi connectivity index (χ2v) is 8.84. The molecule has 0 aliphatic heterocycles. The average Bonchev–Trinajstić information content (AvgIpc) is 2.88. The molecule has 24 heavy (non-hydrogen) atoms. The molecular formula is C16H11BrFNO3S2. The van der Waals surface area contributed by atoms with Crippen LogP contribution in [0.25, 0.3) is 16.9 Å². The van der Waals surface area contributed by atoms with Gasteiger partial charge in [-0.05, 0) is 36.4 Å². The minimum absolute atomic E-state index is 0.208. The number of hydrogen-bond acceptors (Lipinski definition) is 4. The number of hydrogen-bond donors (Lipinski definition) is 0. The molecule has 1 aromatic heterocycles. The van der Waals surface area contributed by atoms with Gasteiger partial charge in [-0.15, -0.1) is 0 Å². The van der Waals surface area contributed by atoms with Crippen LogP contribution >= 0.6 is 27.3 Å². The fourth-order valence-electron chi connectivity index (χ4n) is 2.30. The first-order chi connectivity index (χ1) is 11.3. The maximum Gasteiger partial charge on any atom is 0.312 e. The first kappa shape index (κ1) is 17.1. The summed E-state index contributed by atoms with van der Waals surface area (Å²) >= 11 is 4.33. The van der Waals surface area contributed by atoms with Gasteiger partial charge < -0.3 is 0 Å². The van der Waals surface area contributed by atoms with Gasteiger partial charge in [-0.25, -0.2) is 12.8 Å². The summed E-state index contributed by atoms with van der Waals surface area (Å²) in [5, 5.41) is 1.62. The largest absolute Gasteiger partial charge is 0.312 e. The van der Waals surface area contributed by atoms with Crippen molar-refractivity contribution in [2.75, 3.05) is 6.26 Å². The van der Waals surface area contributed by atoms with E-state index in [1.807, 2.05) is 0 Å². The minimum Gasteiger partial charge on any atom is -0.267 e. The number of halogens is 2. The quantitative estimate of drug-likeness (QED) is 0.637. The van der Waals surface area contributed by atoms with Crippen LogP contribution < -0.4 is 4.87 Å². The van der Waals surface area contributed by atoms with E-state index in [0.29, 0.717) is 16.9 Å². The number of sulfone groups is 1. The standard InChI is InChI=1S/C16H11BrFNO3S2/c1-24(21,22)15-7-2-10(8-13(15)18)14-9-23-16(20)19(14)12-5-3-11(17)4-6-12/h2-9H,1H3. The Balaban J connectivity index is 2.17. The monoisotopic (exact) mass is 427 g/mol. The van der Waals surface area contributed by atoms with Gasteiger partial charge in [-0.2, -0.15) is 0 Å². The highest BCUT2D eigenvalue weighted by atomic mass is 79.9. The van der Waals surface area contributed by atoms with E-state index < -0.39 is 15.7 Å². The van der Waals surface area contributed by atoms with E-state index in [1.54, 1.807) is 29.6 Å². The van der Waals surface area contributed by atoms with Crippen LogP contribution in [0.1, 0.15) is 0 Å². The lowest BCUT2D eigenvalue weighted by Gasteiger charge is -2.09. The first-order valence-corrected chi connectivity index (χ1v) is 10.3. The molecule has 0 spiro atoms. The lowest BCUT2D eigenvalue weighted by atomic mass is 10.1. The Labute approximate surface area is 150 Å². The summed E-state index contributed by atoms with van der Waals surface area (Å²) < 4.78 is 39.6. The molecule has 4 nitrogen and oxygen atoms in total. The molecule has 3 rings (SSSR count). The van der Waals surface area contributed by atoms with E-state index in [9.17, 15) is 17.6 Å². The maximum atomic E-state index is 14.2. The summed E-state index contributed by atoms with van der Waals surface area (Å²) in [4.78, 5) is 11.6. The second-order valence-electron chi connectivity index (χ2n) is 5.12. The number of benzene rings is 2. The third-order valence-electron chi connectivity index (χ3n) is 3.41. The summed E-state index contributed by atoms with van der Waals surface area (Å²) in [5.41, 5.74) is 1.58. The Hall–Kier alpha value is -1.77. The molecule has 0 radical (unpaired) electrons. The Morgan fingerprint density at radius 3 is 2.38 bits per heavy atom. The van der Waals surface area contributed by atoms with Crippen LogP contribution in [0.15, 0.2) is 62.0 Å².